The summed E-state index contributed by atoms with van der Waals surface area (Å²) in [7, 11) is 1.68. The Labute approximate surface area is 102 Å². The SMILES string of the molecule is COC(C)CNc1nc2ccc(Br)cn2n1. The Morgan fingerprint density at radius 3 is 3.12 bits per heavy atom. The largest absolute Gasteiger partial charge is 0.380 e. The molecule has 2 aromatic heterocycles. The number of aromatic nitrogens is 3. The zero-order chi connectivity index (χ0) is 11.5. The molecule has 0 fully saturated rings. The molecule has 0 saturated carbocycles. The van der Waals surface area contributed by atoms with E-state index in [1.54, 1.807) is 11.6 Å². The molecule has 2 aromatic rings. The van der Waals surface area contributed by atoms with E-state index in [1.807, 2.05) is 25.3 Å². The number of nitrogens with zero attached hydrogens (tertiary/aromatic N) is 3. The molecule has 0 bridgehead atoms. The van der Waals surface area contributed by atoms with Gasteiger partial charge in [0, 0.05) is 24.3 Å². The molecule has 0 saturated heterocycles. The number of anilines is 1. The molecule has 1 unspecified atom stereocenters. The van der Waals surface area contributed by atoms with Crippen LogP contribution in [-0.2, 0) is 4.74 Å². The molecule has 0 aliphatic rings. The van der Waals surface area contributed by atoms with Gasteiger partial charge < -0.3 is 10.1 Å². The van der Waals surface area contributed by atoms with E-state index in [9.17, 15) is 0 Å². The number of pyridine rings is 1. The molecule has 2 rings (SSSR count). The number of hydrogen-bond donors (Lipinski definition) is 1. The van der Waals surface area contributed by atoms with Gasteiger partial charge in [0.05, 0.1) is 6.10 Å². The summed E-state index contributed by atoms with van der Waals surface area (Å²) in [6.07, 6.45) is 2.01. The third kappa shape index (κ3) is 2.51. The van der Waals surface area contributed by atoms with Crippen molar-refractivity contribution in [2.45, 2.75) is 13.0 Å². The van der Waals surface area contributed by atoms with E-state index in [2.05, 4.69) is 31.3 Å². The van der Waals surface area contributed by atoms with Crippen LogP contribution in [0.15, 0.2) is 22.8 Å². The topological polar surface area (TPSA) is 51.5 Å². The molecule has 2 heterocycles. The second-order valence-electron chi connectivity index (χ2n) is 3.51. The fourth-order valence-corrected chi connectivity index (χ4v) is 1.58. The average molecular weight is 285 g/mol. The third-order valence-electron chi connectivity index (χ3n) is 2.24. The van der Waals surface area contributed by atoms with Crippen LogP contribution < -0.4 is 5.32 Å². The molecule has 0 spiro atoms. The van der Waals surface area contributed by atoms with Crippen LogP contribution in [0.4, 0.5) is 5.95 Å². The van der Waals surface area contributed by atoms with Crippen molar-refractivity contribution in [1.29, 1.82) is 0 Å². The summed E-state index contributed by atoms with van der Waals surface area (Å²) in [6.45, 7) is 2.67. The summed E-state index contributed by atoms with van der Waals surface area (Å²) in [5.74, 6) is 0.613. The van der Waals surface area contributed by atoms with Crippen molar-refractivity contribution in [3.63, 3.8) is 0 Å². The summed E-state index contributed by atoms with van der Waals surface area (Å²) >= 11 is 3.39. The van der Waals surface area contributed by atoms with E-state index in [-0.39, 0.29) is 6.10 Å². The first-order valence-corrected chi connectivity index (χ1v) is 5.77. The van der Waals surface area contributed by atoms with Crippen molar-refractivity contribution in [2.75, 3.05) is 19.0 Å². The van der Waals surface area contributed by atoms with Crippen LogP contribution >= 0.6 is 15.9 Å². The van der Waals surface area contributed by atoms with Gasteiger partial charge in [0.1, 0.15) is 0 Å². The average Bonchev–Trinajstić information content (AvgIpc) is 2.67. The highest BCUT2D eigenvalue weighted by atomic mass is 79.9. The first kappa shape index (κ1) is 11.3. The minimum Gasteiger partial charge on any atom is -0.380 e. The lowest BCUT2D eigenvalue weighted by Gasteiger charge is -2.08. The minimum atomic E-state index is 0.137. The molecule has 16 heavy (non-hydrogen) atoms. The Hall–Kier alpha value is -1.14. The van der Waals surface area contributed by atoms with Crippen LogP contribution in [0.1, 0.15) is 6.92 Å². The van der Waals surface area contributed by atoms with Gasteiger partial charge in [-0.1, -0.05) is 0 Å². The molecule has 1 N–H and O–H groups in total. The predicted molar refractivity (Wildman–Crippen MR) is 65.6 cm³/mol. The van der Waals surface area contributed by atoms with Crippen LogP contribution in [0, 0.1) is 0 Å². The Balaban J connectivity index is 2.13. The summed E-state index contributed by atoms with van der Waals surface area (Å²) in [6, 6.07) is 3.84. The fraction of sp³-hybridized carbons (Fsp3) is 0.400. The Morgan fingerprint density at radius 1 is 1.56 bits per heavy atom. The molecular weight excluding hydrogens is 272 g/mol. The van der Waals surface area contributed by atoms with Crippen molar-refractivity contribution in [3.05, 3.63) is 22.8 Å². The number of fused-ring (bicyclic) bond motifs is 1. The van der Waals surface area contributed by atoms with E-state index in [1.165, 1.54) is 0 Å². The van der Waals surface area contributed by atoms with E-state index in [0.717, 1.165) is 10.1 Å². The van der Waals surface area contributed by atoms with Crippen LogP contribution in [0.25, 0.3) is 5.65 Å². The highest BCUT2D eigenvalue weighted by Crippen LogP contribution is 2.12. The lowest BCUT2D eigenvalue weighted by molar-refractivity contribution is 0.128. The maximum absolute atomic E-state index is 5.13. The van der Waals surface area contributed by atoms with Crippen LogP contribution in [0.2, 0.25) is 0 Å². The van der Waals surface area contributed by atoms with Gasteiger partial charge in [-0.05, 0) is 35.0 Å². The number of nitrogens with one attached hydrogen (secondary N) is 1. The van der Waals surface area contributed by atoms with Gasteiger partial charge in [0.15, 0.2) is 5.65 Å². The van der Waals surface area contributed by atoms with Gasteiger partial charge >= 0.3 is 0 Å². The maximum Gasteiger partial charge on any atom is 0.243 e. The van der Waals surface area contributed by atoms with Crippen molar-refractivity contribution in [1.82, 2.24) is 14.6 Å². The first-order chi connectivity index (χ1) is 7.69. The van der Waals surface area contributed by atoms with Gasteiger partial charge in [-0.15, -0.1) is 5.10 Å². The van der Waals surface area contributed by atoms with E-state index >= 15 is 0 Å². The van der Waals surface area contributed by atoms with Gasteiger partial charge in [-0.3, -0.25) is 0 Å². The summed E-state index contributed by atoms with van der Waals surface area (Å²) in [4.78, 5) is 4.32. The molecule has 0 aromatic carbocycles. The smallest absolute Gasteiger partial charge is 0.243 e. The molecule has 1 atom stereocenters. The lowest BCUT2D eigenvalue weighted by Crippen LogP contribution is -2.18. The second kappa shape index (κ2) is 4.80. The normalized spacial score (nSPS) is 12.9. The number of ether oxygens (including phenoxy) is 1. The van der Waals surface area contributed by atoms with Crippen molar-refractivity contribution >= 4 is 27.5 Å². The molecule has 0 amide bonds. The first-order valence-electron chi connectivity index (χ1n) is 4.97. The van der Waals surface area contributed by atoms with Crippen molar-refractivity contribution < 1.29 is 4.74 Å². The maximum atomic E-state index is 5.13. The molecule has 5 nitrogen and oxygen atoms in total. The van der Waals surface area contributed by atoms with Crippen molar-refractivity contribution in [3.8, 4) is 0 Å². The van der Waals surface area contributed by atoms with Gasteiger partial charge in [0.25, 0.3) is 0 Å². The van der Waals surface area contributed by atoms with Crippen LogP contribution in [0.3, 0.4) is 0 Å². The van der Waals surface area contributed by atoms with E-state index in [0.29, 0.717) is 12.5 Å². The standard InChI is InChI=1S/C10H13BrN4O/c1-7(16-2)5-12-10-13-9-4-3-8(11)6-15(9)14-10/h3-4,6-7H,5H2,1-2H3,(H,12,14). The summed E-state index contributed by atoms with van der Waals surface area (Å²) in [5, 5.41) is 7.41. The molecule has 0 aliphatic heterocycles. The van der Waals surface area contributed by atoms with Crippen molar-refractivity contribution in [2.24, 2.45) is 0 Å². The molecule has 6 heteroatoms. The number of methoxy groups -OCH3 is 1. The fourth-order valence-electron chi connectivity index (χ4n) is 1.25. The Bertz CT molecular complexity index is 485. The van der Waals surface area contributed by atoms with Crippen LogP contribution in [0.5, 0.6) is 0 Å². The van der Waals surface area contributed by atoms with Crippen LogP contribution in [-0.4, -0.2) is 34.4 Å². The highest BCUT2D eigenvalue weighted by Gasteiger charge is 2.05. The van der Waals surface area contributed by atoms with E-state index < -0.39 is 0 Å². The van der Waals surface area contributed by atoms with Gasteiger partial charge in [-0.25, -0.2) is 4.52 Å². The summed E-state index contributed by atoms with van der Waals surface area (Å²) in [5.41, 5.74) is 0.816. The predicted octanol–water partition coefficient (Wildman–Crippen LogP) is 1.94. The number of halogens is 1. The molecule has 0 aliphatic carbocycles. The quantitative estimate of drug-likeness (QED) is 0.932. The minimum absolute atomic E-state index is 0.137. The van der Waals surface area contributed by atoms with Gasteiger partial charge in [-0.2, -0.15) is 4.98 Å². The monoisotopic (exact) mass is 284 g/mol. The Morgan fingerprint density at radius 2 is 2.38 bits per heavy atom. The number of hydrogen-bond acceptors (Lipinski definition) is 4. The van der Waals surface area contributed by atoms with E-state index in [4.69, 9.17) is 4.74 Å². The third-order valence-corrected chi connectivity index (χ3v) is 2.71. The highest BCUT2D eigenvalue weighted by molar-refractivity contribution is 9.10. The Kier molecular flexibility index (Phi) is 3.40. The summed E-state index contributed by atoms with van der Waals surface area (Å²) < 4.78 is 7.83. The van der Waals surface area contributed by atoms with Gasteiger partial charge in [0.2, 0.25) is 5.95 Å². The lowest BCUT2D eigenvalue weighted by atomic mass is 10.4. The molecular formula is C10H13BrN4O. The number of rotatable bonds is 4. The molecule has 0 radical (unpaired) electrons. The molecule has 86 valence electrons. The zero-order valence-electron chi connectivity index (χ0n) is 9.14. The zero-order valence-corrected chi connectivity index (χ0v) is 10.7. The second-order valence-corrected chi connectivity index (χ2v) is 4.43.